The third kappa shape index (κ3) is 4.05. The van der Waals surface area contributed by atoms with Gasteiger partial charge in [0.1, 0.15) is 11.6 Å². The molecule has 1 aromatic heterocycles. The first kappa shape index (κ1) is 18.4. The lowest BCUT2D eigenvalue weighted by atomic mass is 10.2. The third-order valence-electron chi connectivity index (χ3n) is 3.99. The molecule has 0 amide bonds. The molecule has 0 unspecified atom stereocenters. The van der Waals surface area contributed by atoms with Gasteiger partial charge in [-0.3, -0.25) is 4.57 Å². The molecule has 140 valence electrons. The second-order valence-electron chi connectivity index (χ2n) is 6.35. The average molecular weight is 370 g/mol. The minimum absolute atomic E-state index is 0.0666. The van der Waals surface area contributed by atoms with Crippen molar-refractivity contribution in [2.75, 3.05) is 5.32 Å². The Morgan fingerprint density at radius 2 is 1.70 bits per heavy atom. The normalized spacial score (nSPS) is 11.0. The highest BCUT2D eigenvalue weighted by atomic mass is 19.1. The van der Waals surface area contributed by atoms with Crippen molar-refractivity contribution in [3.8, 4) is 5.75 Å². The van der Waals surface area contributed by atoms with Crippen LogP contribution in [0.1, 0.15) is 25.5 Å². The standard InChI is InChI=1S/C19H19FN4O3/c1-12(2)24-18(26)22-17(21-15-7-9-16(25)10-8-15)23(19(24)27)11-13-3-5-14(20)6-4-13/h3-10,12,25H,11H2,1-2H3,(H,21,22,26). The van der Waals surface area contributed by atoms with Gasteiger partial charge in [0.2, 0.25) is 5.95 Å². The maximum Gasteiger partial charge on any atom is 0.355 e. The van der Waals surface area contributed by atoms with Crippen LogP contribution in [0.5, 0.6) is 5.75 Å². The second kappa shape index (κ2) is 7.45. The predicted molar refractivity (Wildman–Crippen MR) is 100 cm³/mol. The third-order valence-corrected chi connectivity index (χ3v) is 3.99. The van der Waals surface area contributed by atoms with Crippen molar-refractivity contribution in [3.63, 3.8) is 0 Å². The van der Waals surface area contributed by atoms with Crippen LogP contribution >= 0.6 is 0 Å². The number of aromatic hydroxyl groups is 1. The summed E-state index contributed by atoms with van der Waals surface area (Å²) in [6, 6.07) is 11.5. The molecule has 2 N–H and O–H groups in total. The fourth-order valence-electron chi connectivity index (χ4n) is 2.63. The van der Waals surface area contributed by atoms with Crippen LogP contribution in [0.4, 0.5) is 16.0 Å². The molecular formula is C19H19FN4O3. The number of hydrogen-bond acceptors (Lipinski definition) is 5. The minimum Gasteiger partial charge on any atom is -0.508 e. The van der Waals surface area contributed by atoms with Gasteiger partial charge in [0.25, 0.3) is 0 Å². The molecule has 27 heavy (non-hydrogen) atoms. The minimum atomic E-state index is -0.661. The van der Waals surface area contributed by atoms with Gasteiger partial charge in [-0.2, -0.15) is 4.98 Å². The molecular weight excluding hydrogens is 351 g/mol. The summed E-state index contributed by atoms with van der Waals surface area (Å²) >= 11 is 0. The molecule has 3 aromatic rings. The first-order valence-electron chi connectivity index (χ1n) is 8.39. The van der Waals surface area contributed by atoms with Crippen molar-refractivity contribution in [1.29, 1.82) is 0 Å². The SMILES string of the molecule is CC(C)n1c(=O)nc(Nc2ccc(O)cc2)n(Cc2ccc(F)cc2)c1=O. The largest absolute Gasteiger partial charge is 0.508 e. The van der Waals surface area contributed by atoms with Crippen molar-refractivity contribution in [1.82, 2.24) is 14.1 Å². The Kier molecular flexibility index (Phi) is 5.07. The van der Waals surface area contributed by atoms with Gasteiger partial charge < -0.3 is 10.4 Å². The van der Waals surface area contributed by atoms with Crippen LogP contribution in [0.2, 0.25) is 0 Å². The van der Waals surface area contributed by atoms with Gasteiger partial charge in [-0.1, -0.05) is 12.1 Å². The van der Waals surface area contributed by atoms with E-state index < -0.39 is 11.4 Å². The molecule has 0 bridgehead atoms. The van der Waals surface area contributed by atoms with Gasteiger partial charge in [-0.05, 0) is 55.8 Å². The van der Waals surface area contributed by atoms with E-state index in [4.69, 9.17) is 0 Å². The van der Waals surface area contributed by atoms with Gasteiger partial charge in [0.05, 0.1) is 6.54 Å². The molecule has 0 aliphatic carbocycles. The highest BCUT2D eigenvalue weighted by Gasteiger charge is 2.16. The topological polar surface area (TPSA) is 89.2 Å². The van der Waals surface area contributed by atoms with Crippen LogP contribution < -0.4 is 16.7 Å². The number of rotatable bonds is 5. The van der Waals surface area contributed by atoms with Crippen molar-refractivity contribution < 1.29 is 9.50 Å². The van der Waals surface area contributed by atoms with Crippen molar-refractivity contribution in [2.45, 2.75) is 26.4 Å². The summed E-state index contributed by atoms with van der Waals surface area (Å²) in [4.78, 5) is 29.2. The van der Waals surface area contributed by atoms with Crippen LogP contribution in [0.3, 0.4) is 0 Å². The highest BCUT2D eigenvalue weighted by molar-refractivity contribution is 5.54. The molecule has 0 fully saturated rings. The van der Waals surface area contributed by atoms with E-state index in [0.29, 0.717) is 11.3 Å². The number of phenolic OH excluding ortho intramolecular Hbond substituents is 1. The number of phenols is 1. The molecule has 2 aromatic carbocycles. The fraction of sp³-hybridized carbons (Fsp3) is 0.211. The Bertz CT molecular complexity index is 1050. The number of aromatic nitrogens is 3. The van der Waals surface area contributed by atoms with Crippen molar-refractivity contribution in [2.24, 2.45) is 0 Å². The molecule has 1 heterocycles. The van der Waals surface area contributed by atoms with Gasteiger partial charge in [0.15, 0.2) is 0 Å². The molecule has 0 saturated heterocycles. The fourth-order valence-corrected chi connectivity index (χ4v) is 2.63. The summed E-state index contributed by atoms with van der Waals surface area (Å²) in [7, 11) is 0. The molecule has 0 aliphatic rings. The van der Waals surface area contributed by atoms with E-state index in [1.165, 1.54) is 28.8 Å². The molecule has 7 nitrogen and oxygen atoms in total. The molecule has 0 saturated carbocycles. The van der Waals surface area contributed by atoms with Crippen LogP contribution in [0.25, 0.3) is 0 Å². The van der Waals surface area contributed by atoms with Crippen molar-refractivity contribution in [3.05, 3.63) is 80.9 Å². The highest BCUT2D eigenvalue weighted by Crippen LogP contribution is 2.17. The summed E-state index contributed by atoms with van der Waals surface area (Å²) in [5.74, 6) is -0.219. The summed E-state index contributed by atoms with van der Waals surface area (Å²) < 4.78 is 15.5. The quantitative estimate of drug-likeness (QED) is 0.674. The number of benzene rings is 2. The molecule has 0 radical (unpaired) electrons. The van der Waals surface area contributed by atoms with E-state index in [9.17, 15) is 19.1 Å². The van der Waals surface area contributed by atoms with E-state index in [0.717, 1.165) is 4.57 Å². The Morgan fingerprint density at radius 3 is 2.30 bits per heavy atom. The summed E-state index contributed by atoms with van der Waals surface area (Å²) in [6.07, 6.45) is 0. The number of halogens is 1. The monoisotopic (exact) mass is 370 g/mol. The summed E-state index contributed by atoms with van der Waals surface area (Å²) in [5, 5.41) is 12.3. The lowest BCUT2D eigenvalue weighted by Gasteiger charge is -2.17. The zero-order valence-electron chi connectivity index (χ0n) is 14.9. The smallest absolute Gasteiger partial charge is 0.355 e. The van der Waals surface area contributed by atoms with Crippen LogP contribution in [0, 0.1) is 5.82 Å². The lowest BCUT2D eigenvalue weighted by molar-refractivity contribution is 0.475. The Balaban J connectivity index is 2.10. The van der Waals surface area contributed by atoms with Crippen LogP contribution in [0.15, 0.2) is 58.1 Å². The first-order chi connectivity index (χ1) is 12.8. The summed E-state index contributed by atoms with van der Waals surface area (Å²) in [6.45, 7) is 3.55. The van der Waals surface area contributed by atoms with Gasteiger partial charge in [-0.15, -0.1) is 0 Å². The van der Waals surface area contributed by atoms with Gasteiger partial charge in [0, 0.05) is 11.7 Å². The molecule has 8 heteroatoms. The lowest BCUT2D eigenvalue weighted by Crippen LogP contribution is -2.43. The second-order valence-corrected chi connectivity index (χ2v) is 6.35. The van der Waals surface area contributed by atoms with Gasteiger partial charge in [-0.25, -0.2) is 18.5 Å². The Labute approximate surface area is 154 Å². The first-order valence-corrected chi connectivity index (χ1v) is 8.39. The molecule has 0 spiro atoms. The Morgan fingerprint density at radius 1 is 1.07 bits per heavy atom. The van der Waals surface area contributed by atoms with E-state index >= 15 is 0 Å². The summed E-state index contributed by atoms with van der Waals surface area (Å²) in [5.41, 5.74) is 0.0551. The molecule has 3 rings (SSSR count). The van der Waals surface area contributed by atoms with Crippen molar-refractivity contribution >= 4 is 11.6 Å². The maximum absolute atomic E-state index is 13.2. The van der Waals surface area contributed by atoms with Crippen LogP contribution in [-0.4, -0.2) is 19.2 Å². The molecule has 0 atom stereocenters. The van der Waals surface area contributed by atoms with E-state index in [-0.39, 0.29) is 30.1 Å². The number of nitrogens with zero attached hydrogens (tertiary/aromatic N) is 3. The van der Waals surface area contributed by atoms with E-state index in [1.54, 1.807) is 38.1 Å². The predicted octanol–water partition coefficient (Wildman–Crippen LogP) is 2.62. The Hall–Kier alpha value is -3.42. The zero-order valence-corrected chi connectivity index (χ0v) is 14.9. The number of nitrogens with one attached hydrogen (secondary N) is 1. The van der Waals surface area contributed by atoms with E-state index in [2.05, 4.69) is 10.3 Å². The maximum atomic E-state index is 13.2. The molecule has 0 aliphatic heterocycles. The average Bonchev–Trinajstić information content (AvgIpc) is 2.61. The number of anilines is 2. The van der Waals surface area contributed by atoms with Crippen LogP contribution in [-0.2, 0) is 6.54 Å². The number of hydrogen-bond donors (Lipinski definition) is 2. The zero-order chi connectivity index (χ0) is 19.6. The van der Waals surface area contributed by atoms with E-state index in [1.807, 2.05) is 0 Å². The van der Waals surface area contributed by atoms with Gasteiger partial charge >= 0.3 is 11.4 Å².